The SMILES string of the molecule is O=C(Nc1sc2c(c1C(=O)N(CCO)CCO)CCCC2)c1ccccc1. The van der Waals surface area contributed by atoms with Crippen LogP contribution in [0.1, 0.15) is 44.0 Å². The number of hydrogen-bond donors (Lipinski definition) is 3. The van der Waals surface area contributed by atoms with Crippen molar-refractivity contribution < 1.29 is 19.8 Å². The van der Waals surface area contributed by atoms with Gasteiger partial charge in [-0.05, 0) is 43.4 Å². The van der Waals surface area contributed by atoms with Crippen LogP contribution in [0.15, 0.2) is 30.3 Å². The molecule has 3 N–H and O–H groups in total. The Morgan fingerprint density at radius 3 is 2.37 bits per heavy atom. The highest BCUT2D eigenvalue weighted by Gasteiger charge is 2.29. The minimum Gasteiger partial charge on any atom is -0.395 e. The smallest absolute Gasteiger partial charge is 0.257 e. The van der Waals surface area contributed by atoms with Crippen LogP contribution in [-0.4, -0.2) is 53.2 Å². The van der Waals surface area contributed by atoms with E-state index in [1.165, 1.54) is 16.2 Å². The fraction of sp³-hybridized carbons (Fsp3) is 0.400. The van der Waals surface area contributed by atoms with Gasteiger partial charge in [-0.1, -0.05) is 18.2 Å². The monoisotopic (exact) mass is 388 g/mol. The van der Waals surface area contributed by atoms with Crippen LogP contribution in [0.2, 0.25) is 0 Å². The summed E-state index contributed by atoms with van der Waals surface area (Å²) in [6.07, 6.45) is 3.79. The molecule has 0 spiro atoms. The maximum absolute atomic E-state index is 13.2. The number of rotatable bonds is 7. The average molecular weight is 388 g/mol. The van der Waals surface area contributed by atoms with Gasteiger partial charge in [0.15, 0.2) is 0 Å². The van der Waals surface area contributed by atoms with Crippen molar-refractivity contribution in [2.45, 2.75) is 25.7 Å². The van der Waals surface area contributed by atoms with E-state index < -0.39 is 0 Å². The summed E-state index contributed by atoms with van der Waals surface area (Å²) in [5.41, 5.74) is 2.05. The first-order valence-electron chi connectivity index (χ1n) is 9.17. The summed E-state index contributed by atoms with van der Waals surface area (Å²) in [4.78, 5) is 28.3. The van der Waals surface area contributed by atoms with Crippen LogP contribution < -0.4 is 5.32 Å². The van der Waals surface area contributed by atoms with Crippen molar-refractivity contribution >= 4 is 28.2 Å². The third kappa shape index (κ3) is 4.37. The van der Waals surface area contributed by atoms with E-state index in [1.54, 1.807) is 24.3 Å². The number of nitrogens with zero attached hydrogens (tertiary/aromatic N) is 1. The highest BCUT2D eigenvalue weighted by Crippen LogP contribution is 2.39. The summed E-state index contributed by atoms with van der Waals surface area (Å²) in [6.45, 7) is -0.0558. The number of carbonyl (C=O) groups is 2. The number of hydrogen-bond acceptors (Lipinski definition) is 5. The van der Waals surface area contributed by atoms with Gasteiger partial charge < -0.3 is 20.4 Å². The average Bonchev–Trinajstić information content (AvgIpc) is 3.05. The van der Waals surface area contributed by atoms with Crippen LogP contribution >= 0.6 is 11.3 Å². The number of carbonyl (C=O) groups excluding carboxylic acids is 2. The maximum atomic E-state index is 13.2. The number of aliphatic hydroxyl groups is 2. The zero-order chi connectivity index (χ0) is 19.2. The molecule has 1 aliphatic rings. The highest BCUT2D eigenvalue weighted by atomic mass is 32.1. The summed E-state index contributed by atoms with van der Waals surface area (Å²) >= 11 is 1.46. The minimum atomic E-state index is -0.251. The molecule has 6 nitrogen and oxygen atoms in total. The topological polar surface area (TPSA) is 89.9 Å². The van der Waals surface area contributed by atoms with Crippen LogP contribution in [0.4, 0.5) is 5.00 Å². The third-order valence-corrected chi connectivity index (χ3v) is 5.88. The lowest BCUT2D eigenvalue weighted by atomic mass is 9.95. The van der Waals surface area contributed by atoms with Gasteiger partial charge in [0, 0.05) is 23.5 Å². The van der Waals surface area contributed by atoms with Gasteiger partial charge in [-0.25, -0.2) is 0 Å². The lowest BCUT2D eigenvalue weighted by Crippen LogP contribution is -2.36. The summed E-state index contributed by atoms with van der Waals surface area (Å²) < 4.78 is 0. The summed E-state index contributed by atoms with van der Waals surface area (Å²) in [5.74, 6) is -0.500. The number of amides is 2. The zero-order valence-electron chi connectivity index (χ0n) is 15.1. The second-order valence-electron chi connectivity index (χ2n) is 6.47. The molecule has 2 amide bonds. The van der Waals surface area contributed by atoms with Crippen molar-refractivity contribution in [3.8, 4) is 0 Å². The standard InChI is InChI=1S/C20H24N2O4S/c23-12-10-22(11-13-24)20(26)17-15-8-4-5-9-16(15)27-19(17)21-18(25)14-6-2-1-3-7-14/h1-3,6-7,23-24H,4-5,8-13H2,(H,21,25). The number of nitrogens with one attached hydrogen (secondary N) is 1. The Bertz CT molecular complexity index is 798. The van der Waals surface area contributed by atoms with Gasteiger partial charge in [0.1, 0.15) is 5.00 Å². The normalized spacial score (nSPS) is 13.1. The van der Waals surface area contributed by atoms with Crippen molar-refractivity contribution in [2.75, 3.05) is 31.6 Å². The van der Waals surface area contributed by atoms with Crippen LogP contribution in [0.5, 0.6) is 0 Å². The molecule has 144 valence electrons. The number of benzene rings is 1. The predicted octanol–water partition coefficient (Wildman–Crippen LogP) is 2.31. The van der Waals surface area contributed by atoms with Gasteiger partial charge in [0.25, 0.3) is 11.8 Å². The van der Waals surface area contributed by atoms with E-state index >= 15 is 0 Å². The molecule has 0 aliphatic heterocycles. The number of fused-ring (bicyclic) bond motifs is 1. The molecule has 0 saturated carbocycles. The molecule has 0 bridgehead atoms. The van der Waals surface area contributed by atoms with Crippen molar-refractivity contribution in [2.24, 2.45) is 0 Å². The van der Waals surface area contributed by atoms with E-state index in [1.807, 2.05) is 6.07 Å². The third-order valence-electron chi connectivity index (χ3n) is 4.68. The Morgan fingerprint density at radius 1 is 1.04 bits per heavy atom. The lowest BCUT2D eigenvalue weighted by molar-refractivity contribution is 0.0685. The van der Waals surface area contributed by atoms with Gasteiger partial charge >= 0.3 is 0 Å². The van der Waals surface area contributed by atoms with Gasteiger partial charge in [-0.2, -0.15) is 0 Å². The van der Waals surface area contributed by atoms with Crippen molar-refractivity contribution in [3.63, 3.8) is 0 Å². The first-order chi connectivity index (χ1) is 13.2. The van der Waals surface area contributed by atoms with E-state index in [2.05, 4.69) is 5.32 Å². The van der Waals surface area contributed by atoms with Crippen LogP contribution in [0.3, 0.4) is 0 Å². The number of thiophene rings is 1. The molecule has 7 heteroatoms. The van der Waals surface area contributed by atoms with Crippen LogP contribution in [0.25, 0.3) is 0 Å². The van der Waals surface area contributed by atoms with Crippen molar-refractivity contribution in [1.82, 2.24) is 4.90 Å². The molecule has 1 aromatic carbocycles. The molecular formula is C20H24N2O4S. The fourth-order valence-corrected chi connectivity index (χ4v) is 4.64. The van der Waals surface area contributed by atoms with Gasteiger partial charge in [0.2, 0.25) is 0 Å². The highest BCUT2D eigenvalue weighted by molar-refractivity contribution is 7.17. The second-order valence-corrected chi connectivity index (χ2v) is 7.58. The number of anilines is 1. The Hall–Kier alpha value is -2.22. The Morgan fingerprint density at radius 2 is 1.70 bits per heavy atom. The van der Waals surface area contributed by atoms with E-state index in [4.69, 9.17) is 0 Å². The lowest BCUT2D eigenvalue weighted by Gasteiger charge is -2.22. The molecular weight excluding hydrogens is 364 g/mol. The van der Waals surface area contributed by atoms with Crippen molar-refractivity contribution in [3.05, 3.63) is 51.9 Å². The molecule has 0 radical (unpaired) electrons. The first-order valence-corrected chi connectivity index (χ1v) is 9.99. The molecule has 27 heavy (non-hydrogen) atoms. The molecule has 0 fully saturated rings. The largest absolute Gasteiger partial charge is 0.395 e. The van der Waals surface area contributed by atoms with Crippen LogP contribution in [0, 0.1) is 0 Å². The quantitative estimate of drug-likeness (QED) is 0.679. The second kappa shape index (κ2) is 9.12. The van der Waals surface area contributed by atoms with Gasteiger partial charge in [0.05, 0.1) is 18.8 Å². The molecule has 0 saturated heterocycles. The predicted molar refractivity (Wildman–Crippen MR) is 105 cm³/mol. The molecule has 0 unspecified atom stereocenters. The number of aliphatic hydroxyl groups excluding tert-OH is 2. The summed E-state index contributed by atoms with van der Waals surface area (Å²) in [6, 6.07) is 8.90. The summed E-state index contributed by atoms with van der Waals surface area (Å²) in [5, 5.41) is 22.0. The zero-order valence-corrected chi connectivity index (χ0v) is 15.9. The molecule has 2 aromatic rings. The van der Waals surface area contributed by atoms with Crippen molar-refractivity contribution in [1.29, 1.82) is 0 Å². The Balaban J connectivity index is 1.95. The van der Waals surface area contributed by atoms with E-state index in [-0.39, 0.29) is 38.1 Å². The maximum Gasteiger partial charge on any atom is 0.257 e. The fourth-order valence-electron chi connectivity index (χ4n) is 3.36. The first kappa shape index (κ1) is 19.5. The van der Waals surface area contributed by atoms with E-state index in [0.717, 1.165) is 36.1 Å². The summed E-state index contributed by atoms with van der Waals surface area (Å²) in [7, 11) is 0. The minimum absolute atomic E-state index is 0.149. The molecule has 0 atom stereocenters. The number of aryl methyl sites for hydroxylation is 1. The van der Waals surface area contributed by atoms with E-state index in [9.17, 15) is 19.8 Å². The molecule has 1 aliphatic carbocycles. The Labute approximate surface area is 162 Å². The van der Waals surface area contributed by atoms with Gasteiger partial charge in [-0.3, -0.25) is 9.59 Å². The van der Waals surface area contributed by atoms with Gasteiger partial charge in [-0.15, -0.1) is 11.3 Å². The molecule has 1 heterocycles. The van der Waals surface area contributed by atoms with Crippen LogP contribution in [-0.2, 0) is 12.8 Å². The van der Waals surface area contributed by atoms with E-state index in [0.29, 0.717) is 16.1 Å². The Kier molecular flexibility index (Phi) is 6.60. The molecule has 3 rings (SSSR count). The molecule has 1 aromatic heterocycles.